The van der Waals surface area contributed by atoms with Gasteiger partial charge in [0.05, 0.1) is 5.69 Å². The Morgan fingerprint density at radius 2 is 1.75 bits per heavy atom. The predicted molar refractivity (Wildman–Crippen MR) is 87.4 cm³/mol. The fourth-order valence-electron chi connectivity index (χ4n) is 2.27. The lowest BCUT2D eigenvalue weighted by Gasteiger charge is -2.34. The van der Waals surface area contributed by atoms with E-state index in [0.717, 1.165) is 23.8 Å². The number of aryl methyl sites for hydroxylation is 2. The van der Waals surface area contributed by atoms with Gasteiger partial charge in [-0.05, 0) is 52.0 Å². The van der Waals surface area contributed by atoms with Crippen molar-refractivity contribution in [1.82, 2.24) is 15.1 Å². The first kappa shape index (κ1) is 17.5. The lowest BCUT2D eigenvalue weighted by Crippen LogP contribution is -2.42. The highest BCUT2D eigenvalue weighted by Crippen LogP contribution is 2.32. The van der Waals surface area contributed by atoms with Crippen molar-refractivity contribution in [3.05, 3.63) is 16.4 Å². The van der Waals surface area contributed by atoms with E-state index in [1.165, 1.54) is 5.56 Å². The van der Waals surface area contributed by atoms with Crippen LogP contribution in [0.15, 0.2) is 0 Å². The highest BCUT2D eigenvalue weighted by atomic mass is 35.5. The van der Waals surface area contributed by atoms with E-state index >= 15 is 0 Å². The van der Waals surface area contributed by atoms with Gasteiger partial charge in [-0.3, -0.25) is 4.68 Å². The van der Waals surface area contributed by atoms with Gasteiger partial charge in [0.2, 0.25) is 0 Å². The first-order chi connectivity index (χ1) is 8.92. The quantitative estimate of drug-likeness (QED) is 0.911. The van der Waals surface area contributed by atoms with Crippen LogP contribution in [0.25, 0.3) is 0 Å². The zero-order valence-electron chi connectivity index (χ0n) is 14.3. The Balaban J connectivity index is 2.91. The van der Waals surface area contributed by atoms with Crippen LogP contribution < -0.4 is 5.32 Å². The number of nitrogens with zero attached hydrogens (tertiary/aromatic N) is 2. The molecule has 1 atom stereocenters. The molecule has 1 aromatic rings. The molecule has 0 aliphatic carbocycles. The Morgan fingerprint density at radius 1 is 1.20 bits per heavy atom. The second-order valence-corrected chi connectivity index (χ2v) is 8.23. The van der Waals surface area contributed by atoms with Gasteiger partial charge in [0.15, 0.2) is 0 Å². The Bertz CT molecular complexity index is 450. The molecule has 0 amide bonds. The van der Waals surface area contributed by atoms with Crippen molar-refractivity contribution in [2.75, 3.05) is 6.54 Å². The van der Waals surface area contributed by atoms with Gasteiger partial charge in [0.1, 0.15) is 5.15 Å². The summed E-state index contributed by atoms with van der Waals surface area (Å²) in [6, 6.07) is 0. The van der Waals surface area contributed by atoms with E-state index in [1.54, 1.807) is 4.68 Å². The van der Waals surface area contributed by atoms with E-state index in [4.69, 9.17) is 11.6 Å². The van der Waals surface area contributed by atoms with Crippen molar-refractivity contribution in [3.63, 3.8) is 0 Å². The van der Waals surface area contributed by atoms with Crippen molar-refractivity contribution >= 4 is 11.6 Å². The molecule has 1 aromatic heterocycles. The summed E-state index contributed by atoms with van der Waals surface area (Å²) in [5.74, 6) is 0.516. The third kappa shape index (κ3) is 4.78. The van der Waals surface area contributed by atoms with E-state index < -0.39 is 0 Å². The molecule has 0 radical (unpaired) electrons. The van der Waals surface area contributed by atoms with Crippen molar-refractivity contribution in [2.45, 2.75) is 60.4 Å². The van der Waals surface area contributed by atoms with Crippen LogP contribution in [0.4, 0.5) is 0 Å². The summed E-state index contributed by atoms with van der Waals surface area (Å²) in [5, 5.41) is 8.81. The molecule has 0 saturated heterocycles. The summed E-state index contributed by atoms with van der Waals surface area (Å²) in [7, 11) is 1.90. The van der Waals surface area contributed by atoms with Gasteiger partial charge in [-0.2, -0.15) is 5.10 Å². The smallest absolute Gasteiger partial charge is 0.130 e. The Morgan fingerprint density at radius 3 is 2.10 bits per heavy atom. The highest BCUT2D eigenvalue weighted by Gasteiger charge is 2.28. The third-order valence-corrected chi connectivity index (χ3v) is 4.30. The van der Waals surface area contributed by atoms with Gasteiger partial charge in [0.25, 0.3) is 0 Å². The number of nitrogens with one attached hydrogen (secondary N) is 1. The van der Waals surface area contributed by atoms with Crippen molar-refractivity contribution in [1.29, 1.82) is 0 Å². The lowest BCUT2D eigenvalue weighted by molar-refractivity contribution is 0.214. The van der Waals surface area contributed by atoms with Gasteiger partial charge >= 0.3 is 0 Å². The summed E-state index contributed by atoms with van der Waals surface area (Å²) in [4.78, 5) is 0. The van der Waals surface area contributed by atoms with Crippen LogP contribution in [0.1, 0.15) is 52.8 Å². The second kappa shape index (κ2) is 6.07. The monoisotopic (exact) mass is 299 g/mol. The maximum Gasteiger partial charge on any atom is 0.130 e. The van der Waals surface area contributed by atoms with Gasteiger partial charge in [-0.15, -0.1) is 0 Å². The highest BCUT2D eigenvalue weighted by molar-refractivity contribution is 6.30. The SMILES string of the molecule is Cc1nn(C)c(Cl)c1CC(CNC(C)(C)C)C(C)(C)C. The fraction of sp³-hybridized carbons (Fsp3) is 0.812. The van der Waals surface area contributed by atoms with Gasteiger partial charge < -0.3 is 5.32 Å². The topological polar surface area (TPSA) is 29.9 Å². The Hall–Kier alpha value is -0.540. The van der Waals surface area contributed by atoms with Crippen LogP contribution in [0, 0.1) is 18.3 Å². The second-order valence-electron chi connectivity index (χ2n) is 7.88. The molecule has 1 N–H and O–H groups in total. The number of halogens is 1. The molecule has 1 rings (SSSR count). The molecular formula is C16H30ClN3. The maximum atomic E-state index is 6.38. The molecule has 0 saturated carbocycles. The van der Waals surface area contributed by atoms with Crippen LogP contribution >= 0.6 is 11.6 Å². The molecule has 4 heteroatoms. The van der Waals surface area contributed by atoms with Crippen LogP contribution in [0.5, 0.6) is 0 Å². The molecule has 0 spiro atoms. The minimum atomic E-state index is 0.136. The summed E-state index contributed by atoms with van der Waals surface area (Å²) in [5.41, 5.74) is 2.59. The van der Waals surface area contributed by atoms with Crippen LogP contribution in [0.2, 0.25) is 5.15 Å². The molecule has 1 heterocycles. The van der Waals surface area contributed by atoms with Crippen molar-refractivity contribution in [2.24, 2.45) is 18.4 Å². The maximum absolute atomic E-state index is 6.38. The van der Waals surface area contributed by atoms with Crippen LogP contribution in [-0.2, 0) is 13.5 Å². The lowest BCUT2D eigenvalue weighted by atomic mass is 9.77. The molecule has 1 unspecified atom stereocenters. The largest absolute Gasteiger partial charge is 0.312 e. The molecule has 0 fully saturated rings. The molecule has 0 bridgehead atoms. The molecule has 0 aromatic carbocycles. The Kier molecular flexibility index (Phi) is 5.31. The molecule has 3 nitrogen and oxygen atoms in total. The normalized spacial score (nSPS) is 14.7. The van der Waals surface area contributed by atoms with E-state index in [-0.39, 0.29) is 11.0 Å². The zero-order valence-corrected chi connectivity index (χ0v) is 15.0. The first-order valence-electron chi connectivity index (χ1n) is 7.35. The van der Waals surface area contributed by atoms with Gasteiger partial charge in [-0.1, -0.05) is 32.4 Å². The molecular weight excluding hydrogens is 270 g/mol. The van der Waals surface area contributed by atoms with E-state index in [9.17, 15) is 0 Å². The zero-order chi connectivity index (χ0) is 15.7. The number of aromatic nitrogens is 2. The van der Waals surface area contributed by atoms with Gasteiger partial charge in [0, 0.05) is 18.2 Å². The number of hydrogen-bond donors (Lipinski definition) is 1. The molecule has 0 aliphatic rings. The van der Waals surface area contributed by atoms with E-state index in [0.29, 0.717) is 5.92 Å². The predicted octanol–water partition coefficient (Wildman–Crippen LogP) is 3.97. The molecule has 0 aliphatic heterocycles. The molecule has 20 heavy (non-hydrogen) atoms. The molecule has 116 valence electrons. The summed E-state index contributed by atoms with van der Waals surface area (Å²) >= 11 is 6.38. The standard InChI is InChI=1S/C16H30ClN3/c1-11-13(14(17)20(8)19-11)9-12(15(2,3)4)10-18-16(5,6)7/h12,18H,9-10H2,1-8H3. The number of hydrogen-bond acceptors (Lipinski definition) is 2. The number of rotatable bonds is 4. The first-order valence-corrected chi connectivity index (χ1v) is 7.72. The third-order valence-electron chi connectivity index (χ3n) is 3.82. The average molecular weight is 300 g/mol. The van der Waals surface area contributed by atoms with E-state index in [2.05, 4.69) is 52.0 Å². The van der Waals surface area contributed by atoms with E-state index in [1.807, 2.05) is 14.0 Å². The fourth-order valence-corrected chi connectivity index (χ4v) is 2.52. The Labute approximate surface area is 129 Å². The minimum Gasteiger partial charge on any atom is -0.312 e. The summed E-state index contributed by atoms with van der Waals surface area (Å²) in [6.45, 7) is 16.5. The van der Waals surface area contributed by atoms with Gasteiger partial charge in [-0.25, -0.2) is 0 Å². The average Bonchev–Trinajstić information content (AvgIpc) is 2.46. The minimum absolute atomic E-state index is 0.136. The van der Waals surface area contributed by atoms with Crippen LogP contribution in [-0.4, -0.2) is 21.9 Å². The summed E-state index contributed by atoms with van der Waals surface area (Å²) in [6.07, 6.45) is 0.963. The van der Waals surface area contributed by atoms with Crippen molar-refractivity contribution < 1.29 is 0 Å². The van der Waals surface area contributed by atoms with Crippen molar-refractivity contribution in [3.8, 4) is 0 Å². The van der Waals surface area contributed by atoms with Crippen LogP contribution in [0.3, 0.4) is 0 Å². The summed E-state index contributed by atoms with van der Waals surface area (Å²) < 4.78 is 1.77.